The van der Waals surface area contributed by atoms with Crippen LogP contribution in [0.3, 0.4) is 0 Å². The quantitative estimate of drug-likeness (QED) is 0.660. The number of nitrogens with zero attached hydrogens (tertiary/aromatic N) is 1. The molecule has 2 aromatic carbocycles. The third-order valence-corrected chi connectivity index (χ3v) is 4.25. The van der Waals surface area contributed by atoms with E-state index in [0.717, 1.165) is 18.4 Å². The van der Waals surface area contributed by atoms with E-state index in [1.54, 1.807) is 18.2 Å². The van der Waals surface area contributed by atoms with Crippen molar-refractivity contribution in [2.75, 3.05) is 6.61 Å². The molecule has 28 heavy (non-hydrogen) atoms. The molecule has 0 atom stereocenters. The van der Waals surface area contributed by atoms with Crippen molar-refractivity contribution in [3.8, 4) is 11.3 Å². The van der Waals surface area contributed by atoms with Crippen LogP contribution in [0, 0.1) is 0 Å². The zero-order chi connectivity index (χ0) is 19.5. The lowest BCUT2D eigenvalue weighted by Gasteiger charge is -2.07. The van der Waals surface area contributed by atoms with Crippen LogP contribution in [-0.4, -0.2) is 35.7 Å². The van der Waals surface area contributed by atoms with Crippen molar-refractivity contribution in [3.05, 3.63) is 54.1 Å². The van der Waals surface area contributed by atoms with Crippen LogP contribution in [0.2, 0.25) is 0 Å². The van der Waals surface area contributed by atoms with Crippen LogP contribution in [0.1, 0.15) is 23.2 Å². The minimum absolute atomic E-state index is 0.129. The standard InChI is InChI=1S/C20H17N3O5/c24-17(22-20(26)21-14-7-8-14)11-27-19(25)13-6-9-16-15(10-13)18(28-23-16)12-4-2-1-3-5-12/h1-6,9-10,14H,7-8,11H2,(H2,21,22,24,26). The molecule has 3 amide bonds. The molecular formula is C20H17N3O5. The van der Waals surface area contributed by atoms with Crippen LogP contribution >= 0.6 is 0 Å². The van der Waals surface area contributed by atoms with Gasteiger partial charge in [-0.2, -0.15) is 0 Å². The molecule has 1 fully saturated rings. The number of hydrogen-bond acceptors (Lipinski definition) is 6. The first-order valence-electron chi connectivity index (χ1n) is 8.82. The number of carbonyl (C=O) groups is 3. The number of amides is 3. The number of urea groups is 1. The second-order valence-electron chi connectivity index (χ2n) is 6.48. The second-order valence-corrected chi connectivity index (χ2v) is 6.48. The Kier molecular flexibility index (Phi) is 4.76. The van der Waals surface area contributed by atoms with Crippen molar-refractivity contribution in [1.29, 1.82) is 0 Å². The average Bonchev–Trinajstić information content (AvgIpc) is 3.41. The van der Waals surface area contributed by atoms with Gasteiger partial charge in [-0.3, -0.25) is 10.1 Å². The predicted octanol–water partition coefficient (Wildman–Crippen LogP) is 2.64. The molecule has 0 spiro atoms. The van der Waals surface area contributed by atoms with E-state index in [4.69, 9.17) is 9.26 Å². The molecule has 0 aliphatic heterocycles. The highest BCUT2D eigenvalue weighted by atomic mass is 16.5. The number of rotatable bonds is 5. The summed E-state index contributed by atoms with van der Waals surface area (Å²) in [6.45, 7) is -0.551. The first-order chi connectivity index (χ1) is 13.6. The fourth-order valence-corrected chi connectivity index (χ4v) is 2.69. The maximum atomic E-state index is 12.3. The summed E-state index contributed by atoms with van der Waals surface area (Å²) in [4.78, 5) is 35.5. The Morgan fingerprint density at radius 1 is 1.11 bits per heavy atom. The third-order valence-electron chi connectivity index (χ3n) is 4.25. The van der Waals surface area contributed by atoms with Crippen LogP contribution < -0.4 is 10.6 Å². The number of imide groups is 1. The summed E-state index contributed by atoms with van der Waals surface area (Å²) in [7, 11) is 0. The van der Waals surface area contributed by atoms with Gasteiger partial charge in [0.1, 0.15) is 5.52 Å². The SMILES string of the molecule is O=C(COC(=O)c1ccc2noc(-c3ccccc3)c2c1)NC(=O)NC1CC1. The zero-order valence-electron chi connectivity index (χ0n) is 14.8. The minimum Gasteiger partial charge on any atom is -0.452 e. The fraction of sp³-hybridized carbons (Fsp3) is 0.200. The highest BCUT2D eigenvalue weighted by molar-refractivity contribution is 6.00. The molecule has 0 bridgehead atoms. The highest BCUT2D eigenvalue weighted by Gasteiger charge is 2.24. The van der Waals surface area contributed by atoms with Crippen molar-refractivity contribution < 1.29 is 23.6 Å². The van der Waals surface area contributed by atoms with Crippen molar-refractivity contribution in [2.24, 2.45) is 0 Å². The van der Waals surface area contributed by atoms with Gasteiger partial charge in [0.05, 0.1) is 10.9 Å². The Morgan fingerprint density at radius 2 is 1.89 bits per heavy atom. The molecule has 1 aliphatic carbocycles. The van der Waals surface area contributed by atoms with Gasteiger partial charge in [0.15, 0.2) is 12.4 Å². The van der Waals surface area contributed by atoms with Crippen LogP contribution in [0.4, 0.5) is 4.79 Å². The van der Waals surface area contributed by atoms with Crippen molar-refractivity contribution in [3.63, 3.8) is 0 Å². The van der Waals surface area contributed by atoms with E-state index < -0.39 is 24.5 Å². The summed E-state index contributed by atoms with van der Waals surface area (Å²) in [5, 5.41) is 9.39. The highest BCUT2D eigenvalue weighted by Crippen LogP contribution is 2.29. The number of nitrogens with one attached hydrogen (secondary N) is 2. The second kappa shape index (κ2) is 7.51. The largest absolute Gasteiger partial charge is 0.452 e. The lowest BCUT2D eigenvalue weighted by molar-refractivity contribution is -0.123. The van der Waals surface area contributed by atoms with E-state index in [9.17, 15) is 14.4 Å². The predicted molar refractivity (Wildman–Crippen MR) is 99.4 cm³/mol. The maximum Gasteiger partial charge on any atom is 0.338 e. The van der Waals surface area contributed by atoms with Crippen LogP contribution in [0.25, 0.3) is 22.2 Å². The number of esters is 1. The van der Waals surface area contributed by atoms with Gasteiger partial charge in [0.2, 0.25) is 0 Å². The Balaban J connectivity index is 1.42. The number of benzene rings is 2. The van der Waals surface area contributed by atoms with Gasteiger partial charge in [-0.15, -0.1) is 0 Å². The summed E-state index contributed by atoms with van der Waals surface area (Å²) in [6, 6.07) is 13.7. The lowest BCUT2D eigenvalue weighted by atomic mass is 10.1. The number of ether oxygens (including phenoxy) is 1. The van der Waals surface area contributed by atoms with Gasteiger partial charge >= 0.3 is 12.0 Å². The smallest absolute Gasteiger partial charge is 0.338 e. The Morgan fingerprint density at radius 3 is 2.64 bits per heavy atom. The molecule has 4 rings (SSSR count). The van der Waals surface area contributed by atoms with Crippen molar-refractivity contribution in [1.82, 2.24) is 15.8 Å². The number of aromatic nitrogens is 1. The summed E-state index contributed by atoms with van der Waals surface area (Å²) in [6.07, 6.45) is 1.82. The van der Waals surface area contributed by atoms with Crippen LogP contribution in [-0.2, 0) is 9.53 Å². The van der Waals surface area contributed by atoms with E-state index >= 15 is 0 Å². The molecule has 1 aromatic heterocycles. The maximum absolute atomic E-state index is 12.3. The van der Waals surface area contributed by atoms with E-state index in [1.807, 2.05) is 30.3 Å². The van der Waals surface area contributed by atoms with Crippen molar-refractivity contribution in [2.45, 2.75) is 18.9 Å². The van der Waals surface area contributed by atoms with Gasteiger partial charge in [-0.05, 0) is 31.0 Å². The first kappa shape index (κ1) is 17.7. The molecule has 2 N–H and O–H groups in total. The van der Waals surface area contributed by atoms with Gasteiger partial charge < -0.3 is 14.6 Å². The third kappa shape index (κ3) is 4.01. The number of fused-ring (bicyclic) bond motifs is 1. The van der Waals surface area contributed by atoms with E-state index in [1.165, 1.54) is 0 Å². The topological polar surface area (TPSA) is 111 Å². The molecular weight excluding hydrogens is 362 g/mol. The van der Waals surface area contributed by atoms with Crippen molar-refractivity contribution >= 4 is 28.8 Å². The Labute approximate surface area is 159 Å². The van der Waals surface area contributed by atoms with Gasteiger partial charge in [0, 0.05) is 11.6 Å². The van der Waals surface area contributed by atoms with Gasteiger partial charge in [-0.25, -0.2) is 9.59 Å². The Bertz CT molecular complexity index is 1040. The Hall–Kier alpha value is -3.68. The zero-order valence-corrected chi connectivity index (χ0v) is 14.8. The van der Waals surface area contributed by atoms with E-state index in [0.29, 0.717) is 16.7 Å². The average molecular weight is 379 g/mol. The molecule has 1 aliphatic rings. The first-order valence-corrected chi connectivity index (χ1v) is 8.82. The molecule has 1 saturated carbocycles. The molecule has 0 radical (unpaired) electrons. The molecule has 8 nitrogen and oxygen atoms in total. The van der Waals surface area contributed by atoms with Crippen LogP contribution in [0.5, 0.6) is 0 Å². The summed E-state index contributed by atoms with van der Waals surface area (Å²) >= 11 is 0. The van der Waals surface area contributed by atoms with Crippen LogP contribution in [0.15, 0.2) is 53.1 Å². The monoisotopic (exact) mass is 379 g/mol. The van der Waals surface area contributed by atoms with Gasteiger partial charge in [0.25, 0.3) is 5.91 Å². The normalized spacial score (nSPS) is 13.1. The summed E-state index contributed by atoms with van der Waals surface area (Å²) in [5.74, 6) is -0.831. The number of carbonyl (C=O) groups excluding carboxylic acids is 3. The van der Waals surface area contributed by atoms with Gasteiger partial charge in [-0.1, -0.05) is 35.5 Å². The fourth-order valence-electron chi connectivity index (χ4n) is 2.69. The molecule has 3 aromatic rings. The number of hydrogen-bond donors (Lipinski definition) is 2. The summed E-state index contributed by atoms with van der Waals surface area (Å²) in [5.41, 5.74) is 1.68. The molecule has 8 heteroatoms. The summed E-state index contributed by atoms with van der Waals surface area (Å²) < 4.78 is 10.4. The molecule has 0 unspecified atom stereocenters. The lowest BCUT2D eigenvalue weighted by Crippen LogP contribution is -2.42. The minimum atomic E-state index is -0.692. The van der Waals surface area contributed by atoms with E-state index in [2.05, 4.69) is 15.8 Å². The van der Waals surface area contributed by atoms with E-state index in [-0.39, 0.29) is 11.6 Å². The molecule has 0 saturated heterocycles. The molecule has 142 valence electrons. The molecule has 1 heterocycles.